The summed E-state index contributed by atoms with van der Waals surface area (Å²) >= 11 is 0. The van der Waals surface area contributed by atoms with Crippen molar-refractivity contribution in [1.29, 1.82) is 0 Å². The van der Waals surface area contributed by atoms with Crippen molar-refractivity contribution in [2.45, 2.75) is 51.3 Å². The summed E-state index contributed by atoms with van der Waals surface area (Å²) < 4.78 is 24.2. The van der Waals surface area contributed by atoms with Gasteiger partial charge in [-0.15, -0.1) is 0 Å². The quantitative estimate of drug-likeness (QED) is 0.660. The first-order chi connectivity index (χ1) is 11.7. The van der Waals surface area contributed by atoms with Crippen LogP contribution in [0.4, 0.5) is 0 Å². The maximum Gasteiger partial charge on any atom is 0.311 e. The number of sulfone groups is 1. The SMILES string of the molecule is CCCCS(=O)(=O)c1ccc(C(=O)NCC(CC)(CC)C(=O)O)cc1. The van der Waals surface area contributed by atoms with Crippen molar-refractivity contribution in [3.8, 4) is 0 Å². The summed E-state index contributed by atoms with van der Waals surface area (Å²) in [5.74, 6) is -1.26. The smallest absolute Gasteiger partial charge is 0.311 e. The lowest BCUT2D eigenvalue weighted by molar-refractivity contribution is -0.149. The van der Waals surface area contributed by atoms with Crippen LogP contribution < -0.4 is 5.32 Å². The van der Waals surface area contributed by atoms with Gasteiger partial charge in [0.05, 0.1) is 16.1 Å². The molecule has 0 fully saturated rings. The first-order valence-corrected chi connectivity index (χ1v) is 10.2. The molecule has 0 saturated heterocycles. The van der Waals surface area contributed by atoms with Gasteiger partial charge in [0.25, 0.3) is 5.91 Å². The van der Waals surface area contributed by atoms with Gasteiger partial charge in [0, 0.05) is 12.1 Å². The Bertz CT molecular complexity index is 691. The van der Waals surface area contributed by atoms with Crippen LogP contribution in [0.5, 0.6) is 0 Å². The third-order valence-electron chi connectivity index (χ3n) is 4.64. The number of carboxylic acid groups (broad SMARTS) is 1. The maximum absolute atomic E-state index is 12.2. The Morgan fingerprint density at radius 3 is 2.08 bits per heavy atom. The molecular formula is C18H27NO5S. The van der Waals surface area contributed by atoms with Crippen molar-refractivity contribution in [2.75, 3.05) is 12.3 Å². The Morgan fingerprint density at radius 2 is 1.64 bits per heavy atom. The molecule has 0 unspecified atom stereocenters. The first-order valence-electron chi connectivity index (χ1n) is 8.56. The third kappa shape index (κ3) is 5.29. The van der Waals surface area contributed by atoms with Crippen LogP contribution in [-0.2, 0) is 14.6 Å². The number of hydrogen-bond acceptors (Lipinski definition) is 4. The van der Waals surface area contributed by atoms with Crippen molar-refractivity contribution < 1.29 is 23.1 Å². The van der Waals surface area contributed by atoms with Crippen molar-refractivity contribution in [3.05, 3.63) is 29.8 Å². The van der Waals surface area contributed by atoms with E-state index in [0.717, 1.165) is 6.42 Å². The van der Waals surface area contributed by atoms with Gasteiger partial charge >= 0.3 is 5.97 Å². The molecule has 1 aromatic rings. The molecule has 0 spiro atoms. The van der Waals surface area contributed by atoms with Gasteiger partial charge in [-0.1, -0.05) is 27.2 Å². The van der Waals surface area contributed by atoms with Gasteiger partial charge in [-0.2, -0.15) is 0 Å². The lowest BCUT2D eigenvalue weighted by atomic mass is 9.82. The summed E-state index contributed by atoms with van der Waals surface area (Å²) in [7, 11) is -3.33. The summed E-state index contributed by atoms with van der Waals surface area (Å²) in [5, 5.41) is 12.0. The van der Waals surface area contributed by atoms with Crippen molar-refractivity contribution in [2.24, 2.45) is 5.41 Å². The molecule has 0 aliphatic rings. The Hall–Kier alpha value is -1.89. The van der Waals surface area contributed by atoms with Gasteiger partial charge in [-0.25, -0.2) is 8.42 Å². The fourth-order valence-electron chi connectivity index (χ4n) is 2.50. The molecule has 0 bridgehead atoms. The van der Waals surface area contributed by atoms with E-state index in [1.165, 1.54) is 24.3 Å². The highest BCUT2D eigenvalue weighted by Crippen LogP contribution is 2.25. The van der Waals surface area contributed by atoms with Gasteiger partial charge in [-0.3, -0.25) is 9.59 Å². The number of rotatable bonds is 10. The van der Waals surface area contributed by atoms with E-state index in [9.17, 15) is 23.1 Å². The highest BCUT2D eigenvalue weighted by Gasteiger charge is 2.35. The Labute approximate surface area is 149 Å². The molecule has 1 aromatic carbocycles. The fourth-order valence-corrected chi connectivity index (χ4v) is 3.95. The number of hydrogen-bond donors (Lipinski definition) is 2. The van der Waals surface area contributed by atoms with Crippen molar-refractivity contribution in [3.63, 3.8) is 0 Å². The zero-order valence-electron chi connectivity index (χ0n) is 15.0. The summed E-state index contributed by atoms with van der Waals surface area (Å²) in [6.07, 6.45) is 2.21. The summed E-state index contributed by atoms with van der Waals surface area (Å²) in [6, 6.07) is 5.75. The van der Waals surface area contributed by atoms with E-state index in [1.807, 2.05) is 6.92 Å². The van der Waals surface area contributed by atoms with Crippen LogP contribution in [0, 0.1) is 5.41 Å². The molecule has 0 aromatic heterocycles. The molecule has 7 heteroatoms. The number of carbonyl (C=O) groups excluding carboxylic acids is 1. The minimum atomic E-state index is -3.33. The molecule has 0 saturated carbocycles. The highest BCUT2D eigenvalue weighted by atomic mass is 32.2. The molecule has 0 atom stereocenters. The standard InChI is InChI=1S/C18H27NO5S/c1-4-7-12-25(23,24)15-10-8-14(9-11-15)16(20)19-13-18(5-2,6-3)17(21)22/h8-11H,4-7,12-13H2,1-3H3,(H,19,20)(H,21,22). The average molecular weight is 369 g/mol. The second-order valence-electron chi connectivity index (χ2n) is 6.17. The molecule has 0 aliphatic heterocycles. The second-order valence-corrected chi connectivity index (χ2v) is 8.28. The van der Waals surface area contributed by atoms with Crippen LogP contribution in [0.2, 0.25) is 0 Å². The summed E-state index contributed by atoms with van der Waals surface area (Å²) in [5.41, 5.74) is -0.681. The largest absolute Gasteiger partial charge is 0.481 e. The van der Waals surface area contributed by atoms with Crippen LogP contribution in [0.15, 0.2) is 29.2 Å². The number of aliphatic carboxylic acids is 1. The molecule has 2 N–H and O–H groups in total. The van der Waals surface area contributed by atoms with Crippen LogP contribution in [0.25, 0.3) is 0 Å². The number of nitrogens with one attached hydrogen (secondary N) is 1. The molecule has 25 heavy (non-hydrogen) atoms. The van der Waals surface area contributed by atoms with Crippen LogP contribution in [-0.4, -0.2) is 37.7 Å². The van der Waals surface area contributed by atoms with E-state index in [0.29, 0.717) is 24.8 Å². The lowest BCUT2D eigenvalue weighted by Gasteiger charge is -2.26. The number of benzene rings is 1. The normalized spacial score (nSPS) is 12.0. The lowest BCUT2D eigenvalue weighted by Crippen LogP contribution is -2.42. The first kappa shape index (κ1) is 21.2. The van der Waals surface area contributed by atoms with Crippen LogP contribution >= 0.6 is 0 Å². The van der Waals surface area contributed by atoms with Gasteiger partial charge in [-0.05, 0) is 43.5 Å². The highest BCUT2D eigenvalue weighted by molar-refractivity contribution is 7.91. The molecule has 0 radical (unpaired) electrons. The Kier molecular flexibility index (Phi) is 7.60. The molecular weight excluding hydrogens is 342 g/mol. The van der Waals surface area contributed by atoms with E-state index in [-0.39, 0.29) is 17.2 Å². The maximum atomic E-state index is 12.2. The van der Waals surface area contributed by atoms with Gasteiger partial charge < -0.3 is 10.4 Å². The molecule has 1 rings (SSSR count). The predicted octanol–water partition coefficient (Wildman–Crippen LogP) is 2.88. The monoisotopic (exact) mass is 369 g/mol. The van der Waals surface area contributed by atoms with Gasteiger partial charge in [0.2, 0.25) is 0 Å². The van der Waals surface area contributed by atoms with Crippen LogP contribution in [0.1, 0.15) is 56.8 Å². The summed E-state index contributed by atoms with van der Waals surface area (Å²) in [6.45, 7) is 5.51. The minimum Gasteiger partial charge on any atom is -0.481 e. The minimum absolute atomic E-state index is 0.0325. The Morgan fingerprint density at radius 1 is 1.08 bits per heavy atom. The zero-order valence-corrected chi connectivity index (χ0v) is 15.9. The van der Waals surface area contributed by atoms with Crippen molar-refractivity contribution in [1.82, 2.24) is 5.32 Å². The molecule has 6 nitrogen and oxygen atoms in total. The zero-order chi connectivity index (χ0) is 19.1. The predicted molar refractivity (Wildman–Crippen MR) is 96.4 cm³/mol. The van der Waals surface area contributed by atoms with E-state index in [4.69, 9.17) is 0 Å². The van der Waals surface area contributed by atoms with E-state index in [2.05, 4.69) is 5.32 Å². The number of carbonyl (C=O) groups is 2. The molecule has 0 heterocycles. The molecule has 140 valence electrons. The third-order valence-corrected chi connectivity index (χ3v) is 6.45. The van der Waals surface area contributed by atoms with Gasteiger partial charge in [0.15, 0.2) is 9.84 Å². The van der Waals surface area contributed by atoms with Crippen molar-refractivity contribution >= 4 is 21.7 Å². The number of amides is 1. The number of carboxylic acids is 1. The average Bonchev–Trinajstić information content (AvgIpc) is 2.61. The van der Waals surface area contributed by atoms with E-state index < -0.39 is 27.1 Å². The molecule has 0 aliphatic carbocycles. The summed E-state index contributed by atoms with van der Waals surface area (Å²) in [4.78, 5) is 23.9. The van der Waals surface area contributed by atoms with E-state index in [1.54, 1.807) is 13.8 Å². The van der Waals surface area contributed by atoms with Gasteiger partial charge in [0.1, 0.15) is 0 Å². The molecule has 1 amide bonds. The van der Waals surface area contributed by atoms with Crippen LogP contribution in [0.3, 0.4) is 0 Å². The fraction of sp³-hybridized carbons (Fsp3) is 0.556. The second kappa shape index (κ2) is 8.99. The topological polar surface area (TPSA) is 101 Å². The Balaban J connectivity index is 2.82. The van der Waals surface area contributed by atoms with E-state index >= 15 is 0 Å². The number of unbranched alkanes of at least 4 members (excludes halogenated alkanes) is 1.